The third-order valence-electron chi connectivity index (χ3n) is 3.78. The maximum absolute atomic E-state index is 12.4. The summed E-state index contributed by atoms with van der Waals surface area (Å²) in [6, 6.07) is 0.365. The van der Waals surface area contributed by atoms with Crippen LogP contribution in [0.15, 0.2) is 0 Å². The molecule has 17 heavy (non-hydrogen) atoms. The van der Waals surface area contributed by atoms with Crippen LogP contribution in [0.25, 0.3) is 0 Å². The molecule has 2 aliphatic heterocycles. The average Bonchev–Trinajstić information content (AvgIpc) is 2.80. The SMILES string of the molecule is CC(C)(C)[C@H]1NC(=S)C(C[C@@H]2CCCN2)C1=O. The maximum Gasteiger partial charge on any atom is 0.165 e. The second-order valence-corrected chi connectivity index (χ2v) is 6.73. The van der Waals surface area contributed by atoms with Crippen LogP contribution in [0.1, 0.15) is 40.0 Å². The lowest BCUT2D eigenvalue weighted by Gasteiger charge is -2.25. The minimum atomic E-state index is -0.110. The van der Waals surface area contributed by atoms with Gasteiger partial charge in [0.1, 0.15) is 0 Å². The highest BCUT2D eigenvalue weighted by molar-refractivity contribution is 7.80. The Hall–Kier alpha value is -0.480. The van der Waals surface area contributed by atoms with E-state index in [9.17, 15) is 4.79 Å². The predicted octanol–water partition coefficient (Wildman–Crippen LogP) is 1.66. The number of thiocarbonyl (C=S) groups is 1. The molecule has 0 aromatic heterocycles. The number of rotatable bonds is 2. The highest BCUT2D eigenvalue weighted by Crippen LogP contribution is 2.30. The van der Waals surface area contributed by atoms with E-state index in [1.807, 2.05) is 0 Å². The Labute approximate surface area is 109 Å². The van der Waals surface area contributed by atoms with E-state index in [1.54, 1.807) is 0 Å². The van der Waals surface area contributed by atoms with Crippen LogP contribution in [-0.2, 0) is 4.79 Å². The van der Waals surface area contributed by atoms with Gasteiger partial charge in [-0.15, -0.1) is 0 Å². The Bertz CT molecular complexity index is 329. The monoisotopic (exact) mass is 254 g/mol. The van der Waals surface area contributed by atoms with Crippen LogP contribution < -0.4 is 10.6 Å². The Kier molecular flexibility index (Phi) is 3.55. The molecule has 4 heteroatoms. The van der Waals surface area contributed by atoms with Crippen molar-refractivity contribution in [1.29, 1.82) is 0 Å². The van der Waals surface area contributed by atoms with Gasteiger partial charge in [0.05, 0.1) is 16.9 Å². The zero-order chi connectivity index (χ0) is 12.6. The van der Waals surface area contributed by atoms with Crippen molar-refractivity contribution in [3.8, 4) is 0 Å². The van der Waals surface area contributed by atoms with Gasteiger partial charge in [-0.3, -0.25) is 4.79 Å². The van der Waals surface area contributed by atoms with Crippen LogP contribution in [0.5, 0.6) is 0 Å². The van der Waals surface area contributed by atoms with Gasteiger partial charge in [0.2, 0.25) is 0 Å². The first-order valence-corrected chi connectivity index (χ1v) is 6.88. The van der Waals surface area contributed by atoms with Crippen molar-refractivity contribution in [2.24, 2.45) is 11.3 Å². The molecule has 0 aliphatic carbocycles. The number of carbonyl (C=O) groups excluding carboxylic acids is 1. The Balaban J connectivity index is 2.03. The summed E-state index contributed by atoms with van der Waals surface area (Å²) < 4.78 is 0. The lowest BCUT2D eigenvalue weighted by Crippen LogP contribution is -2.40. The summed E-state index contributed by atoms with van der Waals surface area (Å²) in [5, 5.41) is 6.66. The van der Waals surface area contributed by atoms with Crippen LogP contribution in [0, 0.1) is 11.3 Å². The minimum absolute atomic E-state index is 0.0565. The average molecular weight is 254 g/mol. The summed E-state index contributed by atoms with van der Waals surface area (Å²) in [4.78, 5) is 13.1. The van der Waals surface area contributed by atoms with Crippen LogP contribution >= 0.6 is 12.2 Å². The Morgan fingerprint density at radius 1 is 1.41 bits per heavy atom. The topological polar surface area (TPSA) is 41.1 Å². The van der Waals surface area contributed by atoms with Gasteiger partial charge in [-0.2, -0.15) is 0 Å². The van der Waals surface area contributed by atoms with Crippen LogP contribution in [0.4, 0.5) is 0 Å². The molecule has 0 bridgehead atoms. The number of ketones is 1. The predicted molar refractivity (Wildman–Crippen MR) is 73.1 cm³/mol. The summed E-state index contributed by atoms with van der Waals surface area (Å²) >= 11 is 5.34. The van der Waals surface area contributed by atoms with Gasteiger partial charge >= 0.3 is 0 Å². The second-order valence-electron chi connectivity index (χ2n) is 6.29. The van der Waals surface area contributed by atoms with Gasteiger partial charge in [0.15, 0.2) is 5.78 Å². The maximum atomic E-state index is 12.4. The van der Waals surface area contributed by atoms with E-state index in [4.69, 9.17) is 12.2 Å². The molecule has 96 valence electrons. The molecule has 0 aromatic rings. The van der Waals surface area contributed by atoms with Gasteiger partial charge in [0.25, 0.3) is 0 Å². The molecule has 2 fully saturated rings. The highest BCUT2D eigenvalue weighted by Gasteiger charge is 2.44. The Morgan fingerprint density at radius 3 is 2.59 bits per heavy atom. The summed E-state index contributed by atoms with van der Waals surface area (Å²) in [6.45, 7) is 7.33. The fourth-order valence-electron chi connectivity index (χ4n) is 2.75. The van der Waals surface area contributed by atoms with E-state index in [-0.39, 0.29) is 23.2 Å². The number of carbonyl (C=O) groups is 1. The van der Waals surface area contributed by atoms with Gasteiger partial charge < -0.3 is 10.6 Å². The number of nitrogens with one attached hydrogen (secondary N) is 2. The smallest absolute Gasteiger partial charge is 0.165 e. The molecular formula is C13H22N2OS. The molecule has 2 N–H and O–H groups in total. The first kappa shape index (κ1) is 13.0. The van der Waals surface area contributed by atoms with Gasteiger partial charge in [-0.25, -0.2) is 0 Å². The largest absolute Gasteiger partial charge is 0.369 e. The standard InChI is InChI=1S/C13H22N2OS/c1-13(2,3)11-10(16)9(12(17)15-11)7-8-5-4-6-14-8/h8-9,11,14H,4-7H2,1-3H3,(H,15,17)/t8-,9?,11-/m0/s1. The van der Waals surface area contributed by atoms with Crippen molar-refractivity contribution in [2.45, 2.75) is 52.1 Å². The third kappa shape index (κ3) is 2.68. The molecule has 0 aromatic carbocycles. The molecule has 0 amide bonds. The molecular weight excluding hydrogens is 232 g/mol. The third-order valence-corrected chi connectivity index (χ3v) is 4.18. The number of hydrogen-bond donors (Lipinski definition) is 2. The molecule has 2 heterocycles. The van der Waals surface area contributed by atoms with Crippen molar-refractivity contribution in [2.75, 3.05) is 6.54 Å². The molecule has 2 aliphatic rings. The molecule has 3 nitrogen and oxygen atoms in total. The van der Waals surface area contributed by atoms with Crippen molar-refractivity contribution >= 4 is 23.0 Å². The summed E-state index contributed by atoms with van der Waals surface area (Å²) in [6.07, 6.45) is 3.26. The molecule has 0 spiro atoms. The van der Waals surface area contributed by atoms with Crippen molar-refractivity contribution in [3.05, 3.63) is 0 Å². The van der Waals surface area contributed by atoms with Crippen LogP contribution in [0.3, 0.4) is 0 Å². The Morgan fingerprint density at radius 2 is 2.12 bits per heavy atom. The molecule has 2 rings (SSSR count). The molecule has 2 saturated heterocycles. The normalized spacial score (nSPS) is 34.2. The fraction of sp³-hybridized carbons (Fsp3) is 0.846. The fourth-order valence-corrected chi connectivity index (χ4v) is 3.08. The quantitative estimate of drug-likeness (QED) is 0.735. The van der Waals surface area contributed by atoms with Crippen molar-refractivity contribution in [1.82, 2.24) is 10.6 Å². The van der Waals surface area contributed by atoms with E-state index in [1.165, 1.54) is 12.8 Å². The number of Topliss-reactive ketones (excluding diaryl/α,β-unsaturated/α-hetero) is 1. The zero-order valence-electron chi connectivity index (χ0n) is 10.9. The van der Waals surface area contributed by atoms with Gasteiger partial charge in [0, 0.05) is 6.04 Å². The van der Waals surface area contributed by atoms with E-state index in [0.29, 0.717) is 6.04 Å². The van der Waals surface area contributed by atoms with Gasteiger partial charge in [-0.05, 0) is 31.2 Å². The van der Waals surface area contributed by atoms with Gasteiger partial charge in [-0.1, -0.05) is 33.0 Å². The molecule has 1 unspecified atom stereocenters. The van der Waals surface area contributed by atoms with E-state index in [2.05, 4.69) is 31.4 Å². The van der Waals surface area contributed by atoms with Crippen molar-refractivity contribution in [3.63, 3.8) is 0 Å². The minimum Gasteiger partial charge on any atom is -0.369 e. The van der Waals surface area contributed by atoms with Crippen molar-refractivity contribution < 1.29 is 4.79 Å². The first-order chi connectivity index (χ1) is 7.89. The lowest BCUT2D eigenvalue weighted by molar-refractivity contribution is -0.123. The second kappa shape index (κ2) is 4.65. The lowest BCUT2D eigenvalue weighted by atomic mass is 9.82. The van der Waals surface area contributed by atoms with Crippen LogP contribution in [0.2, 0.25) is 0 Å². The van der Waals surface area contributed by atoms with E-state index < -0.39 is 0 Å². The van der Waals surface area contributed by atoms with Crippen LogP contribution in [-0.4, -0.2) is 29.4 Å². The first-order valence-electron chi connectivity index (χ1n) is 6.47. The molecule has 3 atom stereocenters. The van der Waals surface area contributed by atoms with E-state index >= 15 is 0 Å². The summed E-state index contributed by atoms with van der Waals surface area (Å²) in [7, 11) is 0. The zero-order valence-corrected chi connectivity index (χ0v) is 11.7. The molecule has 0 radical (unpaired) electrons. The number of hydrogen-bond acceptors (Lipinski definition) is 3. The van der Waals surface area contributed by atoms with E-state index in [0.717, 1.165) is 18.0 Å². The molecule has 0 saturated carbocycles. The summed E-state index contributed by atoms with van der Waals surface area (Å²) in [5.41, 5.74) is -0.0565. The highest BCUT2D eigenvalue weighted by atomic mass is 32.1. The summed E-state index contributed by atoms with van der Waals surface area (Å²) in [5.74, 6) is 0.223.